The molecule has 0 atom stereocenters. The molecular formula is C13H19N3O. The molecule has 4 nitrogen and oxygen atoms in total. The van der Waals surface area contributed by atoms with Gasteiger partial charge in [0.2, 0.25) is 0 Å². The molecule has 0 amide bonds. The number of aliphatic imine (C=N–C) groups is 1. The van der Waals surface area contributed by atoms with Gasteiger partial charge in [-0.2, -0.15) is 0 Å². The second kappa shape index (κ2) is 4.75. The van der Waals surface area contributed by atoms with E-state index in [1.54, 1.807) is 0 Å². The van der Waals surface area contributed by atoms with Gasteiger partial charge in [-0.05, 0) is 12.0 Å². The smallest absolute Gasteiger partial charge is 0.191 e. The van der Waals surface area contributed by atoms with Crippen LogP contribution < -0.4 is 5.73 Å². The van der Waals surface area contributed by atoms with Crippen molar-refractivity contribution in [3.05, 3.63) is 35.9 Å². The van der Waals surface area contributed by atoms with E-state index in [1.807, 2.05) is 42.2 Å². The summed E-state index contributed by atoms with van der Waals surface area (Å²) in [6.07, 6.45) is 0.759. The topological polar surface area (TPSA) is 61.8 Å². The normalized spacial score (nSPS) is 18.9. The van der Waals surface area contributed by atoms with E-state index in [4.69, 9.17) is 5.73 Å². The summed E-state index contributed by atoms with van der Waals surface area (Å²) in [6.45, 7) is 3.75. The third-order valence-electron chi connectivity index (χ3n) is 3.22. The fourth-order valence-electron chi connectivity index (χ4n) is 1.91. The van der Waals surface area contributed by atoms with Crippen LogP contribution in [0.5, 0.6) is 0 Å². The monoisotopic (exact) mass is 233 g/mol. The molecule has 3 N–H and O–H groups in total. The van der Waals surface area contributed by atoms with Crippen LogP contribution in [0, 0.1) is 0 Å². The van der Waals surface area contributed by atoms with Gasteiger partial charge in [-0.3, -0.25) is 0 Å². The average Bonchev–Trinajstić information content (AvgIpc) is 2.33. The Bertz CT molecular complexity index is 396. The van der Waals surface area contributed by atoms with Crippen molar-refractivity contribution in [1.82, 2.24) is 4.90 Å². The van der Waals surface area contributed by atoms with Gasteiger partial charge in [-0.25, -0.2) is 4.99 Å². The summed E-state index contributed by atoms with van der Waals surface area (Å²) in [6, 6.07) is 10.00. The number of β-amino-alcohol motifs (C(OH)–C–C–N with tert-alkyl or cyclic N) is 1. The molecule has 1 fully saturated rings. The number of hydrogen-bond donors (Lipinski definition) is 2. The maximum atomic E-state index is 9.87. The molecule has 17 heavy (non-hydrogen) atoms. The zero-order valence-electron chi connectivity index (χ0n) is 10.1. The lowest BCUT2D eigenvalue weighted by atomic mass is 9.92. The first kappa shape index (κ1) is 11.9. The SMILES string of the molecule is CCC1(O)CN(C(N)=NCc2ccccc2)C1. The molecule has 92 valence electrons. The Hall–Kier alpha value is -1.55. The molecule has 0 saturated carbocycles. The Labute approximate surface area is 102 Å². The van der Waals surface area contributed by atoms with Crippen LogP contribution in [-0.2, 0) is 6.54 Å². The van der Waals surface area contributed by atoms with Crippen molar-refractivity contribution in [2.45, 2.75) is 25.5 Å². The van der Waals surface area contributed by atoms with Gasteiger partial charge in [0.1, 0.15) is 0 Å². The average molecular weight is 233 g/mol. The van der Waals surface area contributed by atoms with E-state index in [1.165, 1.54) is 0 Å². The lowest BCUT2D eigenvalue weighted by molar-refractivity contribution is -0.0686. The summed E-state index contributed by atoms with van der Waals surface area (Å²) >= 11 is 0. The summed E-state index contributed by atoms with van der Waals surface area (Å²) in [4.78, 5) is 6.23. The minimum absolute atomic E-state index is 0.520. The molecule has 1 aromatic carbocycles. The van der Waals surface area contributed by atoms with Gasteiger partial charge in [0.25, 0.3) is 0 Å². The molecule has 1 aliphatic heterocycles. The van der Waals surface area contributed by atoms with Crippen LogP contribution in [0.2, 0.25) is 0 Å². The zero-order chi connectivity index (χ0) is 12.3. The van der Waals surface area contributed by atoms with Gasteiger partial charge in [0.05, 0.1) is 25.2 Å². The molecule has 0 aromatic heterocycles. The molecule has 1 heterocycles. The number of nitrogens with two attached hydrogens (primary N) is 1. The van der Waals surface area contributed by atoms with E-state index in [9.17, 15) is 5.11 Å². The van der Waals surface area contributed by atoms with E-state index in [2.05, 4.69) is 4.99 Å². The Morgan fingerprint density at radius 2 is 2.06 bits per heavy atom. The van der Waals surface area contributed by atoms with Crippen molar-refractivity contribution in [2.24, 2.45) is 10.7 Å². The van der Waals surface area contributed by atoms with Gasteiger partial charge >= 0.3 is 0 Å². The predicted molar refractivity (Wildman–Crippen MR) is 68.6 cm³/mol. The van der Waals surface area contributed by atoms with Gasteiger partial charge in [0, 0.05) is 0 Å². The lowest BCUT2D eigenvalue weighted by Gasteiger charge is -2.46. The van der Waals surface area contributed by atoms with Gasteiger partial charge in [-0.1, -0.05) is 37.3 Å². The fourth-order valence-corrected chi connectivity index (χ4v) is 1.91. The molecule has 0 unspecified atom stereocenters. The van der Waals surface area contributed by atoms with E-state index in [-0.39, 0.29) is 0 Å². The summed E-state index contributed by atoms with van der Waals surface area (Å²) in [7, 11) is 0. The molecular weight excluding hydrogens is 214 g/mol. The Kier molecular flexibility index (Phi) is 3.33. The Morgan fingerprint density at radius 3 is 2.65 bits per heavy atom. The predicted octanol–water partition coefficient (Wildman–Crippen LogP) is 0.958. The second-order valence-corrected chi connectivity index (χ2v) is 4.59. The highest BCUT2D eigenvalue weighted by molar-refractivity contribution is 5.79. The first-order valence-corrected chi connectivity index (χ1v) is 5.94. The second-order valence-electron chi connectivity index (χ2n) is 4.59. The van der Waals surface area contributed by atoms with Gasteiger partial charge in [-0.15, -0.1) is 0 Å². The maximum Gasteiger partial charge on any atom is 0.191 e. The number of hydrogen-bond acceptors (Lipinski definition) is 2. The molecule has 0 spiro atoms. The van der Waals surface area contributed by atoms with Crippen molar-refractivity contribution in [3.8, 4) is 0 Å². The number of nitrogens with zero attached hydrogens (tertiary/aromatic N) is 2. The van der Waals surface area contributed by atoms with Crippen molar-refractivity contribution < 1.29 is 5.11 Å². The van der Waals surface area contributed by atoms with Gasteiger partial charge in [0.15, 0.2) is 5.96 Å². The van der Waals surface area contributed by atoms with Crippen LogP contribution in [0.1, 0.15) is 18.9 Å². The van der Waals surface area contributed by atoms with Crippen LogP contribution in [0.3, 0.4) is 0 Å². The Balaban J connectivity index is 1.87. The largest absolute Gasteiger partial charge is 0.386 e. The van der Waals surface area contributed by atoms with Crippen LogP contribution in [-0.4, -0.2) is 34.7 Å². The van der Waals surface area contributed by atoms with Crippen LogP contribution in [0.25, 0.3) is 0 Å². The van der Waals surface area contributed by atoms with E-state index >= 15 is 0 Å². The minimum atomic E-state index is -0.563. The highest BCUT2D eigenvalue weighted by Gasteiger charge is 2.40. The molecule has 1 saturated heterocycles. The fraction of sp³-hybridized carbons (Fsp3) is 0.462. The maximum absolute atomic E-state index is 9.87. The van der Waals surface area contributed by atoms with Crippen molar-refractivity contribution in [1.29, 1.82) is 0 Å². The number of guanidine groups is 1. The molecule has 2 rings (SSSR count). The quantitative estimate of drug-likeness (QED) is 0.604. The number of benzene rings is 1. The van der Waals surface area contributed by atoms with E-state index < -0.39 is 5.60 Å². The molecule has 1 aliphatic rings. The minimum Gasteiger partial charge on any atom is -0.386 e. The molecule has 4 heteroatoms. The number of likely N-dealkylation sites (tertiary alicyclic amines) is 1. The van der Waals surface area contributed by atoms with Gasteiger partial charge < -0.3 is 15.7 Å². The summed E-state index contributed by atoms with van der Waals surface area (Å²) < 4.78 is 0. The third kappa shape index (κ3) is 2.77. The van der Waals surface area contributed by atoms with E-state index in [0.29, 0.717) is 25.6 Å². The summed E-state index contributed by atoms with van der Waals surface area (Å²) in [5.74, 6) is 0.520. The first-order chi connectivity index (χ1) is 8.13. The van der Waals surface area contributed by atoms with E-state index in [0.717, 1.165) is 12.0 Å². The highest BCUT2D eigenvalue weighted by Crippen LogP contribution is 2.23. The van der Waals surface area contributed by atoms with Crippen molar-refractivity contribution in [2.75, 3.05) is 13.1 Å². The van der Waals surface area contributed by atoms with Crippen LogP contribution in [0.15, 0.2) is 35.3 Å². The number of rotatable bonds is 3. The summed E-state index contributed by atoms with van der Waals surface area (Å²) in [5, 5.41) is 9.87. The molecule has 0 bridgehead atoms. The van der Waals surface area contributed by atoms with Crippen molar-refractivity contribution in [3.63, 3.8) is 0 Å². The first-order valence-electron chi connectivity index (χ1n) is 5.94. The highest BCUT2D eigenvalue weighted by atomic mass is 16.3. The van der Waals surface area contributed by atoms with Crippen LogP contribution >= 0.6 is 0 Å². The third-order valence-corrected chi connectivity index (χ3v) is 3.22. The van der Waals surface area contributed by atoms with Crippen LogP contribution in [0.4, 0.5) is 0 Å². The zero-order valence-corrected chi connectivity index (χ0v) is 10.1. The number of aliphatic hydroxyl groups is 1. The van der Waals surface area contributed by atoms with Crippen molar-refractivity contribution >= 4 is 5.96 Å². The summed E-state index contributed by atoms with van der Waals surface area (Å²) in [5.41, 5.74) is 6.45. The Morgan fingerprint density at radius 1 is 1.41 bits per heavy atom. The molecule has 1 aromatic rings. The molecule has 0 radical (unpaired) electrons. The lowest BCUT2D eigenvalue weighted by Crippen LogP contribution is -2.64. The molecule has 0 aliphatic carbocycles. The standard InChI is InChI=1S/C13H19N3O/c1-2-13(17)9-16(10-13)12(14)15-8-11-6-4-3-5-7-11/h3-7,17H,2,8-10H2,1H3,(H2,14,15).